The quantitative estimate of drug-likeness (QED) is 0.462. The van der Waals surface area contributed by atoms with Crippen LogP contribution < -0.4 is 4.74 Å². The summed E-state index contributed by atoms with van der Waals surface area (Å²) in [5.41, 5.74) is 2.85. The van der Waals surface area contributed by atoms with Crippen LogP contribution in [0.4, 0.5) is 0 Å². The molecule has 0 N–H and O–H groups in total. The van der Waals surface area contributed by atoms with E-state index < -0.39 is 5.97 Å². The highest BCUT2D eigenvalue weighted by molar-refractivity contribution is 5.86. The van der Waals surface area contributed by atoms with Gasteiger partial charge in [-0.05, 0) is 18.1 Å². The fraction of sp³-hybridized carbons (Fsp3) is 0.0625. The van der Waals surface area contributed by atoms with Crippen LogP contribution in [-0.2, 0) is 4.79 Å². The first kappa shape index (κ1) is 12.1. The highest BCUT2D eigenvalue weighted by atomic mass is 16.5. The van der Waals surface area contributed by atoms with E-state index in [4.69, 9.17) is 4.74 Å². The first-order chi connectivity index (χ1) is 8.72. The van der Waals surface area contributed by atoms with Crippen LogP contribution in [0.5, 0.6) is 5.75 Å². The zero-order chi connectivity index (χ0) is 13.0. The van der Waals surface area contributed by atoms with Gasteiger partial charge in [0.05, 0.1) is 0 Å². The Morgan fingerprint density at radius 1 is 1.11 bits per heavy atom. The summed E-state index contributed by atoms with van der Waals surface area (Å²) in [6.45, 7) is 5.33. The van der Waals surface area contributed by atoms with E-state index >= 15 is 0 Å². The zero-order valence-corrected chi connectivity index (χ0v) is 10.2. The molecule has 18 heavy (non-hydrogen) atoms. The number of hydrogen-bond donors (Lipinski definition) is 0. The van der Waals surface area contributed by atoms with Crippen LogP contribution in [0.2, 0.25) is 0 Å². The maximum atomic E-state index is 11.4. The molecule has 0 aromatic heterocycles. The first-order valence-corrected chi connectivity index (χ1v) is 5.71. The van der Waals surface area contributed by atoms with Gasteiger partial charge in [0.15, 0.2) is 0 Å². The van der Waals surface area contributed by atoms with Crippen molar-refractivity contribution in [2.75, 3.05) is 0 Å². The van der Waals surface area contributed by atoms with Crippen molar-refractivity contribution in [1.29, 1.82) is 0 Å². The molecule has 0 saturated heterocycles. The summed E-state index contributed by atoms with van der Waals surface area (Å²) in [5, 5.41) is 0. The standard InChI is InChI=1S/C16H14O2/c1-3-15(17)18-16-12(2)8-7-11-14(16)13-9-5-4-6-10-13/h3-11H,1H2,2H3. The van der Waals surface area contributed by atoms with Gasteiger partial charge in [-0.1, -0.05) is 55.1 Å². The van der Waals surface area contributed by atoms with Gasteiger partial charge < -0.3 is 4.74 Å². The number of para-hydroxylation sites is 1. The second-order valence-corrected chi connectivity index (χ2v) is 3.94. The van der Waals surface area contributed by atoms with E-state index in [0.29, 0.717) is 5.75 Å². The van der Waals surface area contributed by atoms with Crippen molar-refractivity contribution in [2.24, 2.45) is 0 Å². The highest BCUT2D eigenvalue weighted by Gasteiger charge is 2.11. The van der Waals surface area contributed by atoms with Gasteiger partial charge in [0.2, 0.25) is 0 Å². The van der Waals surface area contributed by atoms with Crippen LogP contribution >= 0.6 is 0 Å². The largest absolute Gasteiger partial charge is 0.422 e. The highest BCUT2D eigenvalue weighted by Crippen LogP contribution is 2.32. The molecule has 2 heteroatoms. The predicted molar refractivity (Wildman–Crippen MR) is 72.4 cm³/mol. The van der Waals surface area contributed by atoms with Crippen molar-refractivity contribution >= 4 is 5.97 Å². The molecule has 0 amide bonds. The summed E-state index contributed by atoms with van der Waals surface area (Å²) in [5.74, 6) is 0.148. The summed E-state index contributed by atoms with van der Waals surface area (Å²) >= 11 is 0. The fourth-order valence-electron chi connectivity index (χ4n) is 1.78. The van der Waals surface area contributed by atoms with Crippen molar-refractivity contribution in [3.8, 4) is 16.9 Å². The first-order valence-electron chi connectivity index (χ1n) is 5.71. The average Bonchev–Trinajstić information content (AvgIpc) is 2.42. The Labute approximate surface area is 107 Å². The maximum absolute atomic E-state index is 11.4. The predicted octanol–water partition coefficient (Wildman–Crippen LogP) is 3.75. The fourth-order valence-corrected chi connectivity index (χ4v) is 1.78. The van der Waals surface area contributed by atoms with E-state index in [2.05, 4.69) is 6.58 Å². The third kappa shape index (κ3) is 2.48. The monoisotopic (exact) mass is 238 g/mol. The molecule has 0 radical (unpaired) electrons. The lowest BCUT2D eigenvalue weighted by molar-refractivity contribution is -0.128. The molecule has 0 heterocycles. The van der Waals surface area contributed by atoms with Crippen LogP contribution in [-0.4, -0.2) is 5.97 Å². The summed E-state index contributed by atoms with van der Waals surface area (Å²) < 4.78 is 5.32. The topological polar surface area (TPSA) is 26.3 Å². The number of aryl methyl sites for hydroxylation is 1. The molecule has 2 aromatic rings. The van der Waals surface area contributed by atoms with E-state index in [-0.39, 0.29) is 0 Å². The minimum Gasteiger partial charge on any atom is -0.422 e. The minimum absolute atomic E-state index is 0.443. The van der Waals surface area contributed by atoms with Gasteiger partial charge in [-0.25, -0.2) is 4.79 Å². The van der Waals surface area contributed by atoms with Crippen molar-refractivity contribution in [1.82, 2.24) is 0 Å². The molecule has 90 valence electrons. The Bertz CT molecular complexity index is 571. The van der Waals surface area contributed by atoms with E-state index in [1.54, 1.807) is 0 Å². The third-order valence-corrected chi connectivity index (χ3v) is 2.67. The Balaban J connectivity index is 2.51. The average molecular weight is 238 g/mol. The van der Waals surface area contributed by atoms with Crippen LogP contribution in [0, 0.1) is 6.92 Å². The molecular formula is C16H14O2. The summed E-state index contributed by atoms with van der Waals surface area (Å²) in [6, 6.07) is 15.6. The number of carbonyl (C=O) groups is 1. The number of rotatable bonds is 3. The normalized spacial score (nSPS) is 9.83. The van der Waals surface area contributed by atoms with Crippen molar-refractivity contribution in [3.63, 3.8) is 0 Å². The van der Waals surface area contributed by atoms with Crippen molar-refractivity contribution < 1.29 is 9.53 Å². The second-order valence-electron chi connectivity index (χ2n) is 3.94. The van der Waals surface area contributed by atoms with E-state index in [0.717, 1.165) is 16.7 Å². The molecule has 2 nitrogen and oxygen atoms in total. The van der Waals surface area contributed by atoms with Gasteiger partial charge >= 0.3 is 5.97 Å². The molecule has 0 bridgehead atoms. The third-order valence-electron chi connectivity index (χ3n) is 2.67. The SMILES string of the molecule is C=CC(=O)Oc1c(C)cccc1-c1ccccc1. The van der Waals surface area contributed by atoms with Gasteiger partial charge in [0.1, 0.15) is 5.75 Å². The zero-order valence-electron chi connectivity index (χ0n) is 10.2. The molecule has 0 unspecified atom stereocenters. The van der Waals surface area contributed by atoms with Crippen LogP contribution in [0.3, 0.4) is 0 Å². The van der Waals surface area contributed by atoms with Crippen molar-refractivity contribution in [3.05, 3.63) is 66.7 Å². The molecule has 2 aromatic carbocycles. The maximum Gasteiger partial charge on any atom is 0.335 e. The van der Waals surface area contributed by atoms with Crippen LogP contribution in [0.25, 0.3) is 11.1 Å². The van der Waals surface area contributed by atoms with Gasteiger partial charge in [0, 0.05) is 11.6 Å². The van der Waals surface area contributed by atoms with Gasteiger partial charge in [0.25, 0.3) is 0 Å². The minimum atomic E-state index is -0.443. The number of benzene rings is 2. The van der Waals surface area contributed by atoms with Crippen molar-refractivity contribution in [2.45, 2.75) is 6.92 Å². The van der Waals surface area contributed by atoms with Gasteiger partial charge in [-0.15, -0.1) is 0 Å². The Hall–Kier alpha value is -2.35. The number of carbonyl (C=O) groups excluding carboxylic acids is 1. The Morgan fingerprint density at radius 3 is 2.50 bits per heavy atom. The van der Waals surface area contributed by atoms with E-state index in [1.807, 2.05) is 55.5 Å². The molecule has 0 aliphatic carbocycles. The Kier molecular flexibility index (Phi) is 3.58. The molecule has 0 aliphatic heterocycles. The van der Waals surface area contributed by atoms with Crippen LogP contribution in [0.15, 0.2) is 61.2 Å². The molecule has 0 saturated carbocycles. The number of ether oxygens (including phenoxy) is 1. The second kappa shape index (κ2) is 5.32. The summed E-state index contributed by atoms with van der Waals surface area (Å²) in [7, 11) is 0. The lowest BCUT2D eigenvalue weighted by Gasteiger charge is -2.11. The van der Waals surface area contributed by atoms with Gasteiger partial charge in [-0.2, -0.15) is 0 Å². The van der Waals surface area contributed by atoms with E-state index in [1.165, 1.54) is 6.08 Å². The molecule has 2 rings (SSSR count). The van der Waals surface area contributed by atoms with E-state index in [9.17, 15) is 4.79 Å². The lowest BCUT2D eigenvalue weighted by Crippen LogP contribution is -2.05. The van der Waals surface area contributed by atoms with Crippen LogP contribution in [0.1, 0.15) is 5.56 Å². The Morgan fingerprint density at radius 2 is 1.83 bits per heavy atom. The summed E-state index contributed by atoms with van der Waals surface area (Å²) in [4.78, 5) is 11.4. The molecule has 0 fully saturated rings. The number of hydrogen-bond acceptors (Lipinski definition) is 2. The number of esters is 1. The lowest BCUT2D eigenvalue weighted by atomic mass is 10.0. The molecule has 0 aliphatic rings. The smallest absolute Gasteiger partial charge is 0.335 e. The molecular weight excluding hydrogens is 224 g/mol. The molecule has 0 atom stereocenters. The molecule has 0 spiro atoms. The summed E-state index contributed by atoms with van der Waals surface area (Å²) in [6.07, 6.45) is 1.17. The van der Waals surface area contributed by atoms with Gasteiger partial charge in [-0.3, -0.25) is 0 Å².